The molecule has 4 fully saturated rings. The fourth-order valence-corrected chi connectivity index (χ4v) is 9.24. The van der Waals surface area contributed by atoms with Crippen LogP contribution in [0.2, 0.25) is 10.0 Å². The molecule has 12 nitrogen and oxygen atoms in total. The summed E-state index contributed by atoms with van der Waals surface area (Å²) in [4.78, 5) is 49.7. The Balaban J connectivity index is 1.15. The minimum Gasteiger partial charge on any atom is -0.361 e. The lowest BCUT2D eigenvalue weighted by Crippen LogP contribution is -2.62. The summed E-state index contributed by atoms with van der Waals surface area (Å²) >= 11 is 12.7. The second kappa shape index (κ2) is 16.1. The van der Waals surface area contributed by atoms with Crippen molar-refractivity contribution < 1.29 is 27.3 Å². The Morgan fingerprint density at radius 3 is 2.30 bits per heavy atom. The first kappa shape index (κ1) is 39.2. The van der Waals surface area contributed by atoms with Gasteiger partial charge in [0.05, 0.1) is 28.0 Å². The third-order valence-corrected chi connectivity index (χ3v) is 12.3. The average Bonchev–Trinajstić information content (AvgIpc) is 3.25. The van der Waals surface area contributed by atoms with Gasteiger partial charge in [-0.15, -0.1) is 0 Å². The number of fused-ring (bicyclic) bond motifs is 4. The third kappa shape index (κ3) is 9.08. The van der Waals surface area contributed by atoms with E-state index in [1.54, 1.807) is 26.0 Å². The second-order valence-corrected chi connectivity index (χ2v) is 17.4. The molecule has 2 bridgehead atoms. The van der Waals surface area contributed by atoms with Crippen molar-refractivity contribution >= 4 is 50.9 Å². The van der Waals surface area contributed by atoms with Crippen LogP contribution < -0.4 is 4.72 Å². The largest absolute Gasteiger partial charge is 0.361 e. The maximum absolute atomic E-state index is 14.1. The predicted octanol–water partition coefficient (Wildman–Crippen LogP) is 4.86. The Hall–Kier alpha value is -3.49. The fourth-order valence-electron chi connectivity index (χ4n) is 8.23. The van der Waals surface area contributed by atoms with Crippen molar-refractivity contribution in [2.24, 2.45) is 0 Å². The summed E-state index contributed by atoms with van der Waals surface area (Å²) in [6.07, 6.45) is 4.05. The number of carbonyl (C=O) groups is 3. The topological polar surface area (TPSA) is 136 Å². The van der Waals surface area contributed by atoms with Gasteiger partial charge < -0.3 is 19.2 Å². The average molecular weight is 788 g/mol. The standard InChI is InChI=1S/C38H48Cl2N6O6S/c1-23-15-24(2)17-28(16-23)37(48)44-13-14-45(35(22-44)27-9-10-32(39)33(40)18-27)36(47)11-12-43-20-30-8-6-7-29(43)21-46(30)38(49)34(42-53(5,50)51)19-31-25(3)41-52-26(31)4/h9-10,15-18,29-30,34-35,42H,6-8,11-14,19-22H2,1-5H3. The molecule has 0 saturated carbocycles. The molecule has 0 radical (unpaired) electrons. The molecule has 53 heavy (non-hydrogen) atoms. The van der Waals surface area contributed by atoms with E-state index >= 15 is 0 Å². The number of hydrogen-bond acceptors (Lipinski definition) is 8. The van der Waals surface area contributed by atoms with Crippen molar-refractivity contribution in [3.05, 3.63) is 85.7 Å². The minimum atomic E-state index is -3.69. The zero-order chi connectivity index (χ0) is 38.2. The minimum absolute atomic E-state index is 0.0236. The van der Waals surface area contributed by atoms with E-state index in [0.29, 0.717) is 71.9 Å². The molecule has 286 valence electrons. The van der Waals surface area contributed by atoms with Crippen LogP contribution in [0.4, 0.5) is 0 Å². The van der Waals surface area contributed by atoms with E-state index < -0.39 is 22.1 Å². The third-order valence-electron chi connectivity index (χ3n) is 10.8. The van der Waals surface area contributed by atoms with E-state index in [9.17, 15) is 22.8 Å². The smallest absolute Gasteiger partial charge is 0.254 e. The molecule has 4 unspecified atom stereocenters. The van der Waals surface area contributed by atoms with Gasteiger partial charge in [0.15, 0.2) is 0 Å². The van der Waals surface area contributed by atoms with Crippen LogP contribution in [0.5, 0.6) is 0 Å². The van der Waals surface area contributed by atoms with Gasteiger partial charge in [-0.2, -0.15) is 0 Å². The van der Waals surface area contributed by atoms with E-state index in [0.717, 1.165) is 42.2 Å². The van der Waals surface area contributed by atoms with Crippen LogP contribution in [0.25, 0.3) is 0 Å². The lowest BCUT2D eigenvalue weighted by molar-refractivity contribution is -0.141. The summed E-state index contributed by atoms with van der Waals surface area (Å²) in [5, 5.41) is 4.78. The van der Waals surface area contributed by atoms with Gasteiger partial charge >= 0.3 is 0 Å². The molecule has 0 aliphatic carbocycles. The number of hydrogen-bond donors (Lipinski definition) is 1. The Morgan fingerprint density at radius 2 is 1.64 bits per heavy atom. The molecule has 15 heteroatoms. The maximum Gasteiger partial charge on any atom is 0.254 e. The normalized spacial score (nSPS) is 21.5. The fraction of sp³-hybridized carbons (Fsp3) is 0.526. The van der Waals surface area contributed by atoms with Crippen LogP contribution in [0.15, 0.2) is 40.9 Å². The molecule has 1 aromatic heterocycles. The van der Waals surface area contributed by atoms with Crippen LogP contribution in [-0.2, 0) is 26.0 Å². The van der Waals surface area contributed by atoms with E-state index in [-0.39, 0.29) is 42.6 Å². The number of benzene rings is 2. The highest BCUT2D eigenvalue weighted by Crippen LogP contribution is 2.33. The molecule has 4 atom stereocenters. The highest BCUT2D eigenvalue weighted by atomic mass is 35.5. The molecule has 4 aliphatic rings. The van der Waals surface area contributed by atoms with Crippen molar-refractivity contribution in [1.82, 2.24) is 29.5 Å². The van der Waals surface area contributed by atoms with Crippen molar-refractivity contribution in [1.29, 1.82) is 0 Å². The van der Waals surface area contributed by atoms with Crippen LogP contribution in [0.1, 0.15) is 75.8 Å². The molecule has 3 aromatic rings. The van der Waals surface area contributed by atoms with Crippen LogP contribution in [0.3, 0.4) is 0 Å². The van der Waals surface area contributed by atoms with Gasteiger partial charge in [0.1, 0.15) is 11.8 Å². The summed E-state index contributed by atoms with van der Waals surface area (Å²) in [7, 11) is -3.69. The van der Waals surface area contributed by atoms with E-state index in [1.165, 1.54) is 0 Å². The maximum atomic E-state index is 14.1. The molecule has 4 aliphatic heterocycles. The number of halogens is 2. The Bertz CT molecular complexity index is 1950. The molecule has 2 aromatic carbocycles. The first-order valence-corrected chi connectivity index (χ1v) is 20.8. The lowest BCUT2D eigenvalue weighted by atomic mass is 9.99. The van der Waals surface area contributed by atoms with Gasteiger partial charge in [0.25, 0.3) is 5.91 Å². The van der Waals surface area contributed by atoms with Crippen molar-refractivity contribution in [3.8, 4) is 0 Å². The molecule has 7 rings (SSSR count). The number of rotatable bonds is 10. The monoisotopic (exact) mass is 786 g/mol. The summed E-state index contributed by atoms with van der Waals surface area (Å²) < 4.78 is 32.6. The van der Waals surface area contributed by atoms with E-state index in [2.05, 4.69) is 14.8 Å². The Labute approximate surface area is 321 Å². The highest BCUT2D eigenvalue weighted by Gasteiger charge is 2.42. The first-order valence-electron chi connectivity index (χ1n) is 18.1. The summed E-state index contributed by atoms with van der Waals surface area (Å²) in [5.41, 5.74) is 4.80. The Morgan fingerprint density at radius 1 is 0.925 bits per heavy atom. The number of nitrogens with zero attached hydrogens (tertiary/aromatic N) is 5. The Kier molecular flexibility index (Phi) is 11.9. The molecular weight excluding hydrogens is 739 g/mol. The first-order chi connectivity index (χ1) is 25.1. The number of amides is 3. The van der Waals surface area contributed by atoms with Crippen LogP contribution in [-0.4, -0.2) is 115 Å². The number of piperazine rings is 2. The molecule has 4 saturated heterocycles. The van der Waals surface area contributed by atoms with E-state index in [1.807, 2.05) is 52.8 Å². The number of aryl methyl sites for hydroxylation is 4. The van der Waals surface area contributed by atoms with Crippen molar-refractivity contribution in [3.63, 3.8) is 0 Å². The zero-order valence-corrected chi connectivity index (χ0v) is 33.2. The number of sulfonamides is 1. The van der Waals surface area contributed by atoms with Gasteiger partial charge in [-0.25, -0.2) is 13.1 Å². The zero-order valence-electron chi connectivity index (χ0n) is 30.9. The van der Waals surface area contributed by atoms with Gasteiger partial charge in [0.2, 0.25) is 21.8 Å². The van der Waals surface area contributed by atoms with Crippen LogP contribution in [0, 0.1) is 27.7 Å². The van der Waals surface area contributed by atoms with E-state index in [4.69, 9.17) is 27.7 Å². The van der Waals surface area contributed by atoms with Crippen LogP contribution >= 0.6 is 23.2 Å². The lowest BCUT2D eigenvalue weighted by Gasteiger charge is -2.45. The predicted molar refractivity (Wildman–Crippen MR) is 204 cm³/mol. The molecular formula is C38H48Cl2N6O6S. The molecule has 5 heterocycles. The van der Waals surface area contributed by atoms with Gasteiger partial charge in [-0.3, -0.25) is 19.3 Å². The van der Waals surface area contributed by atoms with Gasteiger partial charge in [0, 0.05) is 75.3 Å². The van der Waals surface area contributed by atoms with Gasteiger partial charge in [-0.1, -0.05) is 51.6 Å². The summed E-state index contributed by atoms with van der Waals surface area (Å²) in [5.74, 6) is 0.194. The second-order valence-electron chi connectivity index (χ2n) is 14.8. The molecule has 3 amide bonds. The molecule has 1 N–H and O–H groups in total. The van der Waals surface area contributed by atoms with Crippen molar-refractivity contribution in [2.75, 3.05) is 45.5 Å². The number of nitrogens with one attached hydrogen (secondary N) is 1. The number of aromatic nitrogens is 1. The van der Waals surface area contributed by atoms with Gasteiger partial charge in [-0.05, 0) is 76.8 Å². The van der Waals surface area contributed by atoms with Crippen molar-refractivity contribution in [2.45, 2.75) is 84.0 Å². The molecule has 0 spiro atoms. The summed E-state index contributed by atoms with van der Waals surface area (Å²) in [6.45, 7) is 10.1. The highest BCUT2D eigenvalue weighted by molar-refractivity contribution is 7.88. The number of carbonyl (C=O) groups excluding carboxylic acids is 3. The summed E-state index contributed by atoms with van der Waals surface area (Å²) in [6, 6.07) is 9.69. The quantitative estimate of drug-likeness (QED) is 0.308. The SMILES string of the molecule is Cc1cc(C)cc(C(=O)N2CCN(C(=O)CCN3CC4CCCC3CN4C(=O)C(Cc3c(C)noc3C)NS(C)(=O)=O)C(c3ccc(Cl)c(Cl)c3)C2)c1.